The molecule has 2 aromatic heterocycles. The molecule has 5 nitrogen and oxygen atoms in total. The molecule has 0 atom stereocenters. The van der Waals surface area contributed by atoms with Crippen LogP contribution < -0.4 is 10.9 Å². The average molecular weight is 327 g/mol. The van der Waals surface area contributed by atoms with Crippen molar-refractivity contribution in [3.8, 4) is 0 Å². The molecular weight excluding hydrogens is 310 g/mol. The maximum absolute atomic E-state index is 12.6. The first kappa shape index (κ1) is 15.4. The summed E-state index contributed by atoms with van der Waals surface area (Å²) in [5.41, 5.74) is 2.43. The first-order valence-corrected chi connectivity index (χ1v) is 8.08. The van der Waals surface area contributed by atoms with E-state index in [1.807, 2.05) is 38.1 Å². The molecule has 0 saturated heterocycles. The van der Waals surface area contributed by atoms with Crippen LogP contribution in [0.15, 0.2) is 35.4 Å². The van der Waals surface area contributed by atoms with Gasteiger partial charge in [-0.1, -0.05) is 24.3 Å². The minimum Gasteiger partial charge on any atom is -0.348 e. The number of rotatable bonds is 3. The number of thiophene rings is 1. The Morgan fingerprint density at radius 2 is 2.04 bits per heavy atom. The molecule has 0 unspecified atom stereocenters. The molecule has 0 bridgehead atoms. The number of amides is 1. The molecule has 0 fully saturated rings. The number of carbonyl (C=O) groups is 1. The van der Waals surface area contributed by atoms with Crippen molar-refractivity contribution in [2.45, 2.75) is 20.4 Å². The second-order valence-electron chi connectivity index (χ2n) is 5.48. The molecule has 0 aliphatic rings. The van der Waals surface area contributed by atoms with Gasteiger partial charge in [0, 0.05) is 18.5 Å². The molecule has 1 amide bonds. The number of nitrogens with zero attached hydrogens (tertiary/aromatic N) is 2. The van der Waals surface area contributed by atoms with E-state index in [1.165, 1.54) is 22.2 Å². The molecule has 6 heteroatoms. The van der Waals surface area contributed by atoms with Crippen LogP contribution in [0, 0.1) is 13.8 Å². The van der Waals surface area contributed by atoms with Crippen molar-refractivity contribution in [3.63, 3.8) is 0 Å². The summed E-state index contributed by atoms with van der Waals surface area (Å²) in [7, 11) is 1.64. The Morgan fingerprint density at radius 1 is 1.30 bits per heavy atom. The standard InChI is InChI=1S/C17H17N3O2S/c1-10-6-4-5-7-12(10)8-18-15(21)13-11(2)23-16-14(13)17(22)20(3)9-19-16/h4-7,9H,8H2,1-3H3,(H,18,21). The number of hydrogen-bond acceptors (Lipinski definition) is 4. The Kier molecular flexibility index (Phi) is 4.00. The van der Waals surface area contributed by atoms with Gasteiger partial charge < -0.3 is 9.88 Å². The van der Waals surface area contributed by atoms with E-state index in [2.05, 4.69) is 10.3 Å². The van der Waals surface area contributed by atoms with E-state index in [1.54, 1.807) is 7.05 Å². The Labute approximate surface area is 137 Å². The van der Waals surface area contributed by atoms with E-state index >= 15 is 0 Å². The highest BCUT2D eigenvalue weighted by Gasteiger charge is 2.20. The van der Waals surface area contributed by atoms with Gasteiger partial charge >= 0.3 is 0 Å². The van der Waals surface area contributed by atoms with Gasteiger partial charge in [-0.15, -0.1) is 11.3 Å². The van der Waals surface area contributed by atoms with Gasteiger partial charge in [-0.3, -0.25) is 9.59 Å². The van der Waals surface area contributed by atoms with E-state index in [9.17, 15) is 9.59 Å². The number of aryl methyl sites for hydroxylation is 3. The molecule has 3 aromatic rings. The molecule has 23 heavy (non-hydrogen) atoms. The summed E-state index contributed by atoms with van der Waals surface area (Å²) < 4.78 is 1.40. The summed E-state index contributed by atoms with van der Waals surface area (Å²) in [5, 5.41) is 3.32. The lowest BCUT2D eigenvalue weighted by atomic mass is 10.1. The zero-order valence-corrected chi connectivity index (χ0v) is 14.0. The lowest BCUT2D eigenvalue weighted by Crippen LogP contribution is -2.26. The van der Waals surface area contributed by atoms with E-state index in [4.69, 9.17) is 0 Å². The van der Waals surface area contributed by atoms with Crippen LogP contribution in [0.2, 0.25) is 0 Å². The van der Waals surface area contributed by atoms with E-state index < -0.39 is 0 Å². The predicted molar refractivity (Wildman–Crippen MR) is 91.9 cm³/mol. The quantitative estimate of drug-likeness (QED) is 0.804. The van der Waals surface area contributed by atoms with Crippen LogP contribution in [-0.4, -0.2) is 15.5 Å². The first-order chi connectivity index (χ1) is 11.0. The summed E-state index contributed by atoms with van der Waals surface area (Å²) in [6.07, 6.45) is 1.48. The molecule has 1 N–H and O–H groups in total. The third-order valence-electron chi connectivity index (χ3n) is 3.88. The fourth-order valence-electron chi connectivity index (χ4n) is 2.53. The fourth-order valence-corrected chi connectivity index (χ4v) is 3.51. The molecular formula is C17H17N3O2S. The smallest absolute Gasteiger partial charge is 0.262 e. The maximum Gasteiger partial charge on any atom is 0.262 e. The zero-order chi connectivity index (χ0) is 16.6. The van der Waals surface area contributed by atoms with Crippen molar-refractivity contribution in [2.75, 3.05) is 0 Å². The highest BCUT2D eigenvalue weighted by atomic mass is 32.1. The molecule has 118 valence electrons. The van der Waals surface area contributed by atoms with E-state index in [0.717, 1.165) is 16.0 Å². The normalized spacial score (nSPS) is 10.9. The number of nitrogens with one attached hydrogen (secondary N) is 1. The Morgan fingerprint density at radius 3 is 2.78 bits per heavy atom. The Balaban J connectivity index is 1.95. The minimum atomic E-state index is -0.234. The lowest BCUT2D eigenvalue weighted by Gasteiger charge is -2.08. The van der Waals surface area contributed by atoms with Crippen LogP contribution in [-0.2, 0) is 13.6 Å². The SMILES string of the molecule is Cc1ccccc1CNC(=O)c1c(C)sc2ncn(C)c(=O)c12. The topological polar surface area (TPSA) is 64.0 Å². The third kappa shape index (κ3) is 2.77. The molecule has 0 radical (unpaired) electrons. The van der Waals surface area contributed by atoms with Crippen LogP contribution in [0.4, 0.5) is 0 Å². The summed E-state index contributed by atoms with van der Waals surface area (Å²) in [5.74, 6) is -0.234. The maximum atomic E-state index is 12.6. The van der Waals surface area contributed by atoms with Crippen LogP contribution in [0.1, 0.15) is 26.4 Å². The Bertz CT molecular complexity index is 956. The Hall–Kier alpha value is -2.47. The molecule has 0 aliphatic carbocycles. The summed E-state index contributed by atoms with van der Waals surface area (Å²) in [4.78, 5) is 30.6. The van der Waals surface area contributed by atoms with Crippen molar-refractivity contribution >= 4 is 27.5 Å². The second-order valence-corrected chi connectivity index (χ2v) is 6.69. The lowest BCUT2D eigenvalue weighted by molar-refractivity contribution is 0.0952. The van der Waals surface area contributed by atoms with Gasteiger partial charge in [0.05, 0.1) is 17.3 Å². The highest BCUT2D eigenvalue weighted by Crippen LogP contribution is 2.26. The van der Waals surface area contributed by atoms with Crippen LogP contribution in [0.3, 0.4) is 0 Å². The number of benzene rings is 1. The summed E-state index contributed by atoms with van der Waals surface area (Å²) >= 11 is 1.37. The third-order valence-corrected chi connectivity index (χ3v) is 4.89. The molecule has 2 heterocycles. The van der Waals surface area contributed by atoms with Gasteiger partial charge in [-0.05, 0) is 25.0 Å². The number of carbonyl (C=O) groups excluding carboxylic acids is 1. The van der Waals surface area contributed by atoms with Gasteiger partial charge in [0.25, 0.3) is 11.5 Å². The van der Waals surface area contributed by atoms with Gasteiger partial charge in [0.2, 0.25) is 0 Å². The van der Waals surface area contributed by atoms with Gasteiger partial charge in [-0.2, -0.15) is 0 Å². The summed E-state index contributed by atoms with van der Waals surface area (Å²) in [6.45, 7) is 4.28. The van der Waals surface area contributed by atoms with Gasteiger partial charge in [-0.25, -0.2) is 4.98 Å². The van der Waals surface area contributed by atoms with Crippen LogP contribution in [0.5, 0.6) is 0 Å². The molecule has 0 saturated carbocycles. The highest BCUT2D eigenvalue weighted by molar-refractivity contribution is 7.19. The largest absolute Gasteiger partial charge is 0.348 e. The van der Waals surface area contributed by atoms with Crippen LogP contribution >= 0.6 is 11.3 Å². The number of fused-ring (bicyclic) bond motifs is 1. The van der Waals surface area contributed by atoms with Crippen molar-refractivity contribution in [3.05, 3.63) is 62.5 Å². The first-order valence-electron chi connectivity index (χ1n) is 7.26. The monoisotopic (exact) mass is 327 g/mol. The van der Waals surface area contributed by atoms with Crippen LogP contribution in [0.25, 0.3) is 10.2 Å². The molecule has 0 spiro atoms. The molecule has 3 rings (SSSR count). The van der Waals surface area contributed by atoms with Gasteiger partial charge in [0.1, 0.15) is 4.83 Å². The number of aromatic nitrogens is 2. The molecule has 0 aliphatic heterocycles. The van der Waals surface area contributed by atoms with Crippen molar-refractivity contribution in [1.82, 2.24) is 14.9 Å². The van der Waals surface area contributed by atoms with Crippen molar-refractivity contribution in [2.24, 2.45) is 7.05 Å². The van der Waals surface area contributed by atoms with E-state index in [-0.39, 0.29) is 11.5 Å². The minimum absolute atomic E-state index is 0.194. The average Bonchev–Trinajstić information content (AvgIpc) is 2.87. The van der Waals surface area contributed by atoms with Crippen molar-refractivity contribution < 1.29 is 4.79 Å². The predicted octanol–water partition coefficient (Wildman–Crippen LogP) is 2.54. The van der Waals surface area contributed by atoms with Crippen molar-refractivity contribution in [1.29, 1.82) is 0 Å². The zero-order valence-electron chi connectivity index (χ0n) is 13.2. The number of hydrogen-bond donors (Lipinski definition) is 1. The second kappa shape index (κ2) is 5.96. The summed E-state index contributed by atoms with van der Waals surface area (Å²) in [6, 6.07) is 7.90. The molecule has 1 aromatic carbocycles. The fraction of sp³-hybridized carbons (Fsp3) is 0.235. The van der Waals surface area contributed by atoms with Gasteiger partial charge in [0.15, 0.2) is 0 Å². The van der Waals surface area contributed by atoms with E-state index in [0.29, 0.717) is 22.3 Å².